The van der Waals surface area contributed by atoms with Gasteiger partial charge >= 0.3 is 23.9 Å². The molecular formula is C37H48O14. The molecule has 280 valence electrons. The van der Waals surface area contributed by atoms with E-state index in [4.69, 9.17) is 42.6 Å². The number of benzene rings is 2. The molecule has 0 aliphatic carbocycles. The predicted molar refractivity (Wildman–Crippen MR) is 177 cm³/mol. The number of carbonyl (C=O) groups excluding carboxylic acids is 4. The van der Waals surface area contributed by atoms with Crippen LogP contribution in [0.5, 0.6) is 0 Å². The fourth-order valence-electron chi connectivity index (χ4n) is 5.65. The summed E-state index contributed by atoms with van der Waals surface area (Å²) < 4.78 is 53.5. The highest BCUT2D eigenvalue weighted by atomic mass is 16.8. The summed E-state index contributed by atoms with van der Waals surface area (Å²) in [5.74, 6) is -2.73. The van der Waals surface area contributed by atoms with Crippen LogP contribution in [0.1, 0.15) is 59.6 Å². The summed E-state index contributed by atoms with van der Waals surface area (Å²) in [6.45, 7) is 9.88. The van der Waals surface area contributed by atoms with Gasteiger partial charge in [0, 0.05) is 20.8 Å². The molecule has 0 spiro atoms. The van der Waals surface area contributed by atoms with Crippen LogP contribution in [-0.2, 0) is 75.0 Å². The monoisotopic (exact) mass is 716 g/mol. The van der Waals surface area contributed by atoms with Crippen LogP contribution in [-0.4, -0.2) is 97.0 Å². The van der Waals surface area contributed by atoms with E-state index < -0.39 is 90.7 Å². The van der Waals surface area contributed by atoms with Crippen molar-refractivity contribution in [1.82, 2.24) is 0 Å². The molecule has 2 aliphatic rings. The molecule has 0 bridgehead atoms. The van der Waals surface area contributed by atoms with E-state index in [-0.39, 0.29) is 19.8 Å². The molecule has 2 aromatic carbocycles. The van der Waals surface area contributed by atoms with Gasteiger partial charge in [-0.05, 0) is 38.8 Å². The molecule has 51 heavy (non-hydrogen) atoms. The average molecular weight is 717 g/mol. The van der Waals surface area contributed by atoms with Crippen molar-refractivity contribution in [3.63, 3.8) is 0 Å². The molecule has 0 radical (unpaired) electrons. The summed E-state index contributed by atoms with van der Waals surface area (Å²) in [6.07, 6.45) is -12.7. The number of ether oxygens (including phenoxy) is 9. The number of carbonyl (C=O) groups is 4. The smallest absolute Gasteiger partial charge is 0.311 e. The molecule has 14 heteroatoms. The Labute approximate surface area is 297 Å². The largest absolute Gasteiger partial charge is 0.462 e. The van der Waals surface area contributed by atoms with Crippen LogP contribution >= 0.6 is 0 Å². The number of esters is 4. The Morgan fingerprint density at radius 3 is 1.71 bits per heavy atom. The lowest BCUT2D eigenvalue weighted by atomic mass is 9.95. The molecule has 2 aromatic rings. The van der Waals surface area contributed by atoms with Crippen molar-refractivity contribution in [1.29, 1.82) is 0 Å². The molecule has 0 unspecified atom stereocenters. The Morgan fingerprint density at radius 1 is 0.667 bits per heavy atom. The highest BCUT2D eigenvalue weighted by Gasteiger charge is 2.55. The van der Waals surface area contributed by atoms with Gasteiger partial charge < -0.3 is 47.7 Å². The molecule has 0 aromatic heterocycles. The summed E-state index contributed by atoms with van der Waals surface area (Å²) in [4.78, 5) is 49.6. The lowest BCUT2D eigenvalue weighted by molar-refractivity contribution is -0.363. The standard InChI is InChI=1S/C37H48O14/c1-21-29(47-22(2)38)32(48-23(3)39)33(49-24(4)40)35(46-21)51-30-27(20-45-36(42)37(5,6)7)50-34(44-19-26-16-12-9-13-17-26)28(41)31(30)43-18-25-14-10-8-11-15-25/h8-17,21,27-35,41H,18-20H2,1-7H3/t21-,27+,28+,29-,30+,31+,32+,33+,34-,35-/m0/s1. The van der Waals surface area contributed by atoms with Gasteiger partial charge in [0.15, 0.2) is 30.9 Å². The van der Waals surface area contributed by atoms with Gasteiger partial charge in [-0.1, -0.05) is 60.7 Å². The Bertz CT molecular complexity index is 1440. The number of rotatable bonds is 13. The van der Waals surface area contributed by atoms with Crippen LogP contribution in [0.3, 0.4) is 0 Å². The van der Waals surface area contributed by atoms with Crippen LogP contribution in [0, 0.1) is 5.41 Å². The number of hydrogen-bond donors (Lipinski definition) is 1. The summed E-state index contributed by atoms with van der Waals surface area (Å²) >= 11 is 0. The van der Waals surface area contributed by atoms with E-state index in [1.807, 2.05) is 60.7 Å². The third-order valence-electron chi connectivity index (χ3n) is 8.07. The lowest BCUT2D eigenvalue weighted by Gasteiger charge is -2.48. The van der Waals surface area contributed by atoms with Crippen LogP contribution in [0.2, 0.25) is 0 Å². The quantitative estimate of drug-likeness (QED) is 0.236. The number of hydrogen-bond acceptors (Lipinski definition) is 14. The Kier molecular flexibility index (Phi) is 14.1. The molecule has 14 nitrogen and oxygen atoms in total. The Hall–Kier alpha value is -3.92. The maximum atomic E-state index is 12.9. The minimum Gasteiger partial charge on any atom is -0.462 e. The van der Waals surface area contributed by atoms with E-state index in [9.17, 15) is 24.3 Å². The van der Waals surface area contributed by atoms with Gasteiger partial charge in [-0.2, -0.15) is 0 Å². The normalized spacial score (nSPS) is 29.4. The van der Waals surface area contributed by atoms with E-state index in [0.29, 0.717) is 0 Å². The number of aliphatic hydroxyl groups excluding tert-OH is 1. The summed E-state index contributed by atoms with van der Waals surface area (Å²) in [6, 6.07) is 18.5. The fraction of sp³-hybridized carbons (Fsp3) is 0.568. The highest BCUT2D eigenvalue weighted by Crippen LogP contribution is 2.35. The van der Waals surface area contributed by atoms with E-state index >= 15 is 0 Å². The van der Waals surface area contributed by atoms with Crippen molar-refractivity contribution in [3.8, 4) is 0 Å². The van der Waals surface area contributed by atoms with Crippen molar-refractivity contribution >= 4 is 23.9 Å². The molecule has 4 rings (SSSR count). The third-order valence-corrected chi connectivity index (χ3v) is 8.07. The molecule has 2 heterocycles. The molecule has 2 fully saturated rings. The predicted octanol–water partition coefficient (Wildman–Crippen LogP) is 3.39. The zero-order valence-electron chi connectivity index (χ0n) is 29.9. The van der Waals surface area contributed by atoms with Crippen molar-refractivity contribution in [3.05, 3.63) is 71.8 Å². The van der Waals surface area contributed by atoms with Gasteiger partial charge in [-0.15, -0.1) is 0 Å². The van der Waals surface area contributed by atoms with Crippen molar-refractivity contribution < 1.29 is 66.9 Å². The van der Waals surface area contributed by atoms with Gasteiger partial charge in [0.25, 0.3) is 0 Å². The Morgan fingerprint density at radius 2 is 1.18 bits per heavy atom. The zero-order valence-corrected chi connectivity index (χ0v) is 29.9. The van der Waals surface area contributed by atoms with Gasteiger partial charge in [0.05, 0.1) is 24.7 Å². The van der Waals surface area contributed by atoms with Crippen molar-refractivity contribution in [2.24, 2.45) is 5.41 Å². The van der Waals surface area contributed by atoms with Crippen LogP contribution in [0.25, 0.3) is 0 Å². The summed E-state index contributed by atoms with van der Waals surface area (Å²) in [7, 11) is 0. The topological polar surface area (TPSA) is 172 Å². The second-order valence-corrected chi connectivity index (χ2v) is 13.5. The first-order valence-corrected chi connectivity index (χ1v) is 16.8. The first-order chi connectivity index (χ1) is 24.1. The minimum absolute atomic E-state index is 0.0300. The zero-order chi connectivity index (χ0) is 37.3. The van der Waals surface area contributed by atoms with Crippen molar-refractivity contribution in [2.75, 3.05) is 6.61 Å². The maximum Gasteiger partial charge on any atom is 0.311 e. The number of aliphatic hydroxyl groups is 1. The summed E-state index contributed by atoms with van der Waals surface area (Å²) in [5.41, 5.74) is 0.742. The van der Waals surface area contributed by atoms with Crippen LogP contribution in [0.15, 0.2) is 60.7 Å². The van der Waals surface area contributed by atoms with E-state index in [2.05, 4.69) is 0 Å². The molecule has 0 amide bonds. The average Bonchev–Trinajstić information content (AvgIpc) is 3.06. The third kappa shape index (κ3) is 11.3. The first kappa shape index (κ1) is 39.9. The van der Waals surface area contributed by atoms with Crippen LogP contribution in [0.4, 0.5) is 0 Å². The van der Waals surface area contributed by atoms with Gasteiger partial charge in [0.1, 0.15) is 31.0 Å². The van der Waals surface area contributed by atoms with Gasteiger partial charge in [0.2, 0.25) is 0 Å². The minimum atomic E-state index is -1.48. The van der Waals surface area contributed by atoms with E-state index in [1.165, 1.54) is 6.92 Å². The second kappa shape index (κ2) is 18.0. The molecule has 10 atom stereocenters. The lowest BCUT2D eigenvalue weighted by Crippen LogP contribution is -2.66. The molecular weight excluding hydrogens is 668 g/mol. The molecule has 2 aliphatic heterocycles. The summed E-state index contributed by atoms with van der Waals surface area (Å²) in [5, 5.41) is 11.8. The molecule has 0 saturated carbocycles. The van der Waals surface area contributed by atoms with Crippen molar-refractivity contribution in [2.45, 2.75) is 123 Å². The molecule has 2 saturated heterocycles. The fourth-order valence-corrected chi connectivity index (χ4v) is 5.65. The SMILES string of the molecule is CC(=O)O[C@@H]1[C@@H](OC(C)=O)[C@H](C)O[C@@H](O[C@H]2[C@H](OCc3ccccc3)[C@@H](O)[C@@H](OCc3ccccc3)O[C@@H]2COC(=O)C(C)(C)C)[C@@H]1OC(C)=O. The maximum absolute atomic E-state index is 12.9. The van der Waals surface area contributed by atoms with Gasteiger partial charge in [-0.25, -0.2) is 0 Å². The Balaban J connectivity index is 1.72. The highest BCUT2D eigenvalue weighted by molar-refractivity contribution is 5.75. The molecule has 1 N–H and O–H groups in total. The van der Waals surface area contributed by atoms with E-state index in [0.717, 1.165) is 25.0 Å². The van der Waals surface area contributed by atoms with Gasteiger partial charge in [-0.3, -0.25) is 19.2 Å². The van der Waals surface area contributed by atoms with E-state index in [1.54, 1.807) is 27.7 Å². The first-order valence-electron chi connectivity index (χ1n) is 16.8. The second-order valence-electron chi connectivity index (χ2n) is 13.5. The van der Waals surface area contributed by atoms with Crippen LogP contribution < -0.4 is 0 Å².